The highest BCUT2D eigenvalue weighted by Crippen LogP contribution is 2.28. The van der Waals surface area contributed by atoms with Gasteiger partial charge in [0.2, 0.25) is 0 Å². The molecule has 0 aliphatic heterocycles. The Kier molecular flexibility index (Phi) is 4.86. The van der Waals surface area contributed by atoms with Gasteiger partial charge in [0.1, 0.15) is 5.75 Å². The second-order valence-corrected chi connectivity index (χ2v) is 5.72. The van der Waals surface area contributed by atoms with Gasteiger partial charge in [0.25, 0.3) is 0 Å². The Morgan fingerprint density at radius 2 is 2.06 bits per heavy atom. The van der Waals surface area contributed by atoms with Crippen molar-refractivity contribution in [2.75, 3.05) is 6.54 Å². The van der Waals surface area contributed by atoms with Crippen molar-refractivity contribution in [2.45, 2.75) is 38.6 Å². The number of halogens is 1. The van der Waals surface area contributed by atoms with Crippen LogP contribution >= 0.6 is 15.9 Å². The Morgan fingerprint density at radius 3 is 2.82 bits per heavy atom. The second kappa shape index (κ2) is 6.41. The SMILES string of the molecule is Oc1c(Br)cccc1CNCCC1CCCC1. The third-order valence-electron chi connectivity index (χ3n) is 3.59. The first kappa shape index (κ1) is 12.9. The summed E-state index contributed by atoms with van der Waals surface area (Å²) in [7, 11) is 0. The second-order valence-electron chi connectivity index (χ2n) is 4.86. The highest BCUT2D eigenvalue weighted by Gasteiger charge is 2.14. The fourth-order valence-corrected chi connectivity index (χ4v) is 2.94. The van der Waals surface area contributed by atoms with Crippen molar-refractivity contribution in [2.24, 2.45) is 5.92 Å². The molecule has 0 heterocycles. The average Bonchev–Trinajstić information content (AvgIpc) is 2.83. The van der Waals surface area contributed by atoms with Crippen LogP contribution in [0.2, 0.25) is 0 Å². The molecular formula is C14H20BrNO. The first-order chi connectivity index (χ1) is 8.27. The Hall–Kier alpha value is -0.540. The lowest BCUT2D eigenvalue weighted by Crippen LogP contribution is -2.17. The Balaban J connectivity index is 1.72. The molecule has 2 rings (SSSR count). The Bertz CT molecular complexity index is 361. The van der Waals surface area contributed by atoms with Gasteiger partial charge in [-0.3, -0.25) is 0 Å². The van der Waals surface area contributed by atoms with Crippen LogP contribution in [0.5, 0.6) is 5.75 Å². The molecule has 1 aliphatic rings. The molecule has 1 aromatic rings. The first-order valence-electron chi connectivity index (χ1n) is 6.44. The van der Waals surface area contributed by atoms with E-state index in [4.69, 9.17) is 0 Å². The van der Waals surface area contributed by atoms with Crippen LogP contribution in [0.1, 0.15) is 37.7 Å². The summed E-state index contributed by atoms with van der Waals surface area (Å²) in [4.78, 5) is 0. The van der Waals surface area contributed by atoms with Gasteiger partial charge in [-0.15, -0.1) is 0 Å². The van der Waals surface area contributed by atoms with Crippen LogP contribution in [0.25, 0.3) is 0 Å². The molecule has 94 valence electrons. The van der Waals surface area contributed by atoms with Gasteiger partial charge in [-0.05, 0) is 40.9 Å². The highest BCUT2D eigenvalue weighted by atomic mass is 79.9. The number of rotatable bonds is 5. The lowest BCUT2D eigenvalue weighted by Gasteiger charge is -2.11. The molecule has 0 radical (unpaired) electrons. The van der Waals surface area contributed by atoms with Gasteiger partial charge in [0.05, 0.1) is 4.47 Å². The molecule has 17 heavy (non-hydrogen) atoms. The minimum absolute atomic E-state index is 0.362. The molecule has 2 nitrogen and oxygen atoms in total. The minimum Gasteiger partial charge on any atom is -0.506 e. The number of phenolic OH excluding ortho intramolecular Hbond substituents is 1. The lowest BCUT2D eigenvalue weighted by atomic mass is 10.0. The van der Waals surface area contributed by atoms with Gasteiger partial charge >= 0.3 is 0 Å². The van der Waals surface area contributed by atoms with Gasteiger partial charge in [-0.25, -0.2) is 0 Å². The van der Waals surface area contributed by atoms with Crippen molar-refractivity contribution in [1.29, 1.82) is 0 Å². The maximum absolute atomic E-state index is 9.82. The van der Waals surface area contributed by atoms with Crippen LogP contribution in [-0.4, -0.2) is 11.7 Å². The predicted octanol–water partition coefficient (Wildman–Crippen LogP) is 3.82. The van der Waals surface area contributed by atoms with Crippen LogP contribution in [-0.2, 0) is 6.54 Å². The zero-order valence-electron chi connectivity index (χ0n) is 10.1. The van der Waals surface area contributed by atoms with E-state index in [1.165, 1.54) is 32.1 Å². The first-order valence-corrected chi connectivity index (χ1v) is 7.24. The number of hydrogen-bond donors (Lipinski definition) is 2. The molecule has 0 bridgehead atoms. The van der Waals surface area contributed by atoms with Crippen LogP contribution in [0, 0.1) is 5.92 Å². The van der Waals surface area contributed by atoms with E-state index in [1.807, 2.05) is 18.2 Å². The molecule has 1 fully saturated rings. The van der Waals surface area contributed by atoms with E-state index in [2.05, 4.69) is 21.2 Å². The van der Waals surface area contributed by atoms with Gasteiger partial charge < -0.3 is 10.4 Å². The van der Waals surface area contributed by atoms with Gasteiger partial charge in [0.15, 0.2) is 0 Å². The number of hydrogen-bond acceptors (Lipinski definition) is 2. The van der Waals surface area contributed by atoms with Crippen molar-refractivity contribution < 1.29 is 5.11 Å². The molecule has 2 N–H and O–H groups in total. The van der Waals surface area contributed by atoms with Crippen molar-refractivity contribution in [3.05, 3.63) is 28.2 Å². The molecule has 0 saturated heterocycles. The summed E-state index contributed by atoms with van der Waals surface area (Å²) in [6, 6.07) is 5.78. The third kappa shape index (κ3) is 3.71. The van der Waals surface area contributed by atoms with Gasteiger partial charge in [-0.2, -0.15) is 0 Å². The van der Waals surface area contributed by atoms with Crippen LogP contribution in [0.4, 0.5) is 0 Å². The number of benzene rings is 1. The zero-order valence-corrected chi connectivity index (χ0v) is 11.7. The molecule has 1 aliphatic carbocycles. The molecule has 0 atom stereocenters. The fraction of sp³-hybridized carbons (Fsp3) is 0.571. The number of phenols is 1. The normalized spacial score (nSPS) is 16.5. The third-order valence-corrected chi connectivity index (χ3v) is 4.23. The maximum Gasteiger partial charge on any atom is 0.134 e. The van der Waals surface area contributed by atoms with E-state index in [0.29, 0.717) is 5.75 Å². The van der Waals surface area contributed by atoms with Gasteiger partial charge in [-0.1, -0.05) is 37.8 Å². The summed E-state index contributed by atoms with van der Waals surface area (Å²) in [5, 5.41) is 13.2. The lowest BCUT2D eigenvalue weighted by molar-refractivity contribution is 0.452. The molecular weight excluding hydrogens is 278 g/mol. The topological polar surface area (TPSA) is 32.3 Å². The average molecular weight is 298 g/mol. The molecule has 0 unspecified atom stereocenters. The van der Waals surface area contributed by atoms with Crippen LogP contribution in [0.15, 0.2) is 22.7 Å². The highest BCUT2D eigenvalue weighted by molar-refractivity contribution is 9.10. The summed E-state index contributed by atoms with van der Waals surface area (Å²) >= 11 is 3.33. The van der Waals surface area contributed by atoms with Crippen LogP contribution in [0.3, 0.4) is 0 Å². The van der Waals surface area contributed by atoms with E-state index < -0.39 is 0 Å². The Labute approximate surface area is 112 Å². The molecule has 0 amide bonds. The summed E-state index contributed by atoms with van der Waals surface area (Å²) in [5.74, 6) is 1.29. The molecule has 1 aromatic carbocycles. The van der Waals surface area contributed by atoms with E-state index in [1.54, 1.807) is 0 Å². The molecule has 1 saturated carbocycles. The number of para-hydroxylation sites is 1. The minimum atomic E-state index is 0.362. The summed E-state index contributed by atoms with van der Waals surface area (Å²) in [6.45, 7) is 1.80. The summed E-state index contributed by atoms with van der Waals surface area (Å²) in [5.41, 5.74) is 0.964. The zero-order chi connectivity index (χ0) is 12.1. The monoisotopic (exact) mass is 297 g/mol. The summed E-state index contributed by atoms with van der Waals surface area (Å²) in [6.07, 6.45) is 6.91. The van der Waals surface area contributed by atoms with E-state index in [-0.39, 0.29) is 0 Å². The summed E-state index contributed by atoms with van der Waals surface area (Å²) < 4.78 is 0.771. The quantitative estimate of drug-likeness (QED) is 0.810. The molecule has 3 heteroatoms. The number of aromatic hydroxyl groups is 1. The van der Waals surface area contributed by atoms with Crippen molar-refractivity contribution in [3.63, 3.8) is 0 Å². The molecule has 0 spiro atoms. The largest absolute Gasteiger partial charge is 0.506 e. The molecule has 0 aromatic heterocycles. The van der Waals surface area contributed by atoms with E-state index in [9.17, 15) is 5.11 Å². The van der Waals surface area contributed by atoms with Crippen molar-refractivity contribution in [1.82, 2.24) is 5.32 Å². The number of nitrogens with one attached hydrogen (secondary N) is 1. The van der Waals surface area contributed by atoms with E-state index >= 15 is 0 Å². The smallest absolute Gasteiger partial charge is 0.134 e. The Morgan fingerprint density at radius 1 is 1.29 bits per heavy atom. The maximum atomic E-state index is 9.82. The van der Waals surface area contributed by atoms with Crippen molar-refractivity contribution >= 4 is 15.9 Å². The van der Waals surface area contributed by atoms with Gasteiger partial charge in [0, 0.05) is 12.1 Å². The predicted molar refractivity (Wildman–Crippen MR) is 74.1 cm³/mol. The fourth-order valence-electron chi connectivity index (χ4n) is 2.53. The van der Waals surface area contributed by atoms with Crippen LogP contribution < -0.4 is 5.32 Å². The van der Waals surface area contributed by atoms with E-state index in [0.717, 1.165) is 29.0 Å². The van der Waals surface area contributed by atoms with Crippen molar-refractivity contribution in [3.8, 4) is 5.75 Å². The standard InChI is InChI=1S/C14H20BrNO/c15-13-7-3-6-12(14(13)17)10-16-9-8-11-4-1-2-5-11/h3,6-7,11,16-17H,1-2,4-5,8-10H2.